The average molecular weight is 376 g/mol. The van der Waals surface area contributed by atoms with Gasteiger partial charge in [-0.3, -0.25) is 4.79 Å². The Labute approximate surface area is 162 Å². The molecule has 1 saturated heterocycles. The van der Waals surface area contributed by atoms with Gasteiger partial charge in [-0.1, -0.05) is 19.3 Å². The van der Waals surface area contributed by atoms with Crippen LogP contribution in [0.15, 0.2) is 6.07 Å². The molecule has 2 heterocycles. The van der Waals surface area contributed by atoms with Gasteiger partial charge >= 0.3 is 6.09 Å². The molecule has 2 fully saturated rings. The van der Waals surface area contributed by atoms with Crippen molar-refractivity contribution in [2.75, 3.05) is 19.7 Å². The lowest BCUT2D eigenvalue weighted by Gasteiger charge is -2.31. The van der Waals surface area contributed by atoms with Gasteiger partial charge < -0.3 is 19.5 Å². The van der Waals surface area contributed by atoms with Crippen molar-refractivity contribution in [2.24, 2.45) is 0 Å². The Bertz CT molecular complexity index is 668. The third-order valence-corrected chi connectivity index (χ3v) is 6.03. The molecule has 3 rings (SSSR count). The molecule has 1 N–H and O–H groups in total. The van der Waals surface area contributed by atoms with Crippen LogP contribution in [0.3, 0.4) is 0 Å². The molecule has 1 aromatic rings. The number of carbonyl (C=O) groups excluding carboxylic acids is 2. The predicted molar refractivity (Wildman–Crippen MR) is 105 cm³/mol. The molecule has 0 spiro atoms. The number of hydrogen-bond acceptors (Lipinski definition) is 3. The van der Waals surface area contributed by atoms with Crippen LogP contribution in [0.4, 0.5) is 4.79 Å². The van der Waals surface area contributed by atoms with E-state index in [4.69, 9.17) is 4.74 Å². The highest BCUT2D eigenvalue weighted by Crippen LogP contribution is 2.32. The standard InChI is InChI=1S/C21H33N3O3/c1-4-27-21(26)23-12-10-17(11-13-23)22-20(25)19-14-15(2)24(16(19)3)18-8-6-5-7-9-18/h14,17-18H,4-13H2,1-3H3,(H,22,25). The van der Waals surface area contributed by atoms with Crippen molar-refractivity contribution < 1.29 is 14.3 Å². The van der Waals surface area contributed by atoms with Gasteiger partial charge in [0.25, 0.3) is 5.91 Å². The summed E-state index contributed by atoms with van der Waals surface area (Å²) in [4.78, 5) is 26.4. The number of aryl methyl sites for hydroxylation is 1. The molecule has 2 aliphatic rings. The van der Waals surface area contributed by atoms with Gasteiger partial charge in [0.05, 0.1) is 12.2 Å². The van der Waals surface area contributed by atoms with Gasteiger partial charge in [0.15, 0.2) is 0 Å². The summed E-state index contributed by atoms with van der Waals surface area (Å²) in [6.45, 7) is 7.65. The Morgan fingerprint density at radius 2 is 1.78 bits per heavy atom. The zero-order chi connectivity index (χ0) is 19.4. The second-order valence-corrected chi connectivity index (χ2v) is 7.88. The van der Waals surface area contributed by atoms with E-state index < -0.39 is 0 Å². The first-order valence-corrected chi connectivity index (χ1v) is 10.4. The Kier molecular flexibility index (Phi) is 6.45. The molecule has 0 radical (unpaired) electrons. The average Bonchev–Trinajstić information content (AvgIpc) is 2.97. The van der Waals surface area contributed by atoms with Crippen LogP contribution in [0, 0.1) is 13.8 Å². The number of rotatable bonds is 4. The van der Waals surface area contributed by atoms with Gasteiger partial charge in [0.2, 0.25) is 0 Å². The lowest BCUT2D eigenvalue weighted by Crippen LogP contribution is -2.46. The number of piperidine rings is 1. The van der Waals surface area contributed by atoms with Crippen molar-refractivity contribution in [3.05, 3.63) is 23.0 Å². The number of nitrogens with one attached hydrogen (secondary N) is 1. The molecule has 1 aliphatic heterocycles. The van der Waals surface area contributed by atoms with E-state index in [-0.39, 0.29) is 18.0 Å². The SMILES string of the molecule is CCOC(=O)N1CCC(NC(=O)c2cc(C)n(C3CCCCC3)c2C)CC1. The van der Waals surface area contributed by atoms with Gasteiger partial charge in [0, 0.05) is 36.6 Å². The number of aromatic nitrogens is 1. The molecule has 0 atom stereocenters. The first-order valence-electron chi connectivity index (χ1n) is 10.4. The molecular weight excluding hydrogens is 342 g/mol. The van der Waals surface area contributed by atoms with E-state index in [0.29, 0.717) is 25.7 Å². The number of ether oxygens (including phenoxy) is 1. The van der Waals surface area contributed by atoms with Gasteiger partial charge in [0.1, 0.15) is 0 Å². The fraction of sp³-hybridized carbons (Fsp3) is 0.714. The smallest absolute Gasteiger partial charge is 0.409 e. The monoisotopic (exact) mass is 375 g/mol. The van der Waals surface area contributed by atoms with E-state index in [9.17, 15) is 9.59 Å². The van der Waals surface area contributed by atoms with Crippen LogP contribution >= 0.6 is 0 Å². The Hall–Kier alpha value is -1.98. The van der Waals surface area contributed by atoms with Crippen molar-refractivity contribution in [1.82, 2.24) is 14.8 Å². The normalized spacial score (nSPS) is 19.1. The summed E-state index contributed by atoms with van der Waals surface area (Å²) in [6, 6.07) is 2.68. The molecule has 0 aromatic carbocycles. The molecule has 6 heteroatoms. The van der Waals surface area contributed by atoms with Crippen LogP contribution in [0.5, 0.6) is 0 Å². The topological polar surface area (TPSA) is 63.6 Å². The maximum Gasteiger partial charge on any atom is 0.409 e. The summed E-state index contributed by atoms with van der Waals surface area (Å²) >= 11 is 0. The minimum absolute atomic E-state index is 0.0137. The van der Waals surface area contributed by atoms with E-state index in [0.717, 1.165) is 24.1 Å². The summed E-state index contributed by atoms with van der Waals surface area (Å²) in [7, 11) is 0. The third-order valence-electron chi connectivity index (χ3n) is 6.03. The maximum absolute atomic E-state index is 12.9. The molecule has 0 unspecified atom stereocenters. The van der Waals surface area contributed by atoms with Gasteiger partial charge in [-0.25, -0.2) is 4.79 Å². The minimum atomic E-state index is -0.252. The highest BCUT2D eigenvalue weighted by atomic mass is 16.6. The molecule has 1 aliphatic carbocycles. The molecule has 0 bridgehead atoms. The molecular formula is C21H33N3O3. The molecule has 1 aromatic heterocycles. The molecule has 27 heavy (non-hydrogen) atoms. The van der Waals surface area contributed by atoms with Crippen molar-refractivity contribution in [2.45, 2.75) is 77.8 Å². The Morgan fingerprint density at radius 1 is 1.11 bits per heavy atom. The number of amides is 2. The Balaban J connectivity index is 1.60. The van der Waals surface area contributed by atoms with Crippen molar-refractivity contribution >= 4 is 12.0 Å². The van der Waals surface area contributed by atoms with E-state index in [2.05, 4.69) is 23.7 Å². The van der Waals surface area contributed by atoms with Crippen molar-refractivity contribution in [1.29, 1.82) is 0 Å². The summed E-state index contributed by atoms with van der Waals surface area (Å²) in [5, 5.41) is 3.18. The fourth-order valence-corrected chi connectivity index (χ4v) is 4.59. The van der Waals surface area contributed by atoms with E-state index in [1.165, 1.54) is 37.8 Å². The van der Waals surface area contributed by atoms with Crippen LogP contribution in [0.1, 0.15) is 79.7 Å². The summed E-state index contributed by atoms with van der Waals surface area (Å²) in [5.74, 6) is 0.0137. The van der Waals surface area contributed by atoms with Crippen molar-refractivity contribution in [3.8, 4) is 0 Å². The highest BCUT2D eigenvalue weighted by molar-refractivity contribution is 5.96. The summed E-state index contributed by atoms with van der Waals surface area (Å²) in [5.41, 5.74) is 3.06. The lowest BCUT2D eigenvalue weighted by atomic mass is 9.95. The van der Waals surface area contributed by atoms with E-state index in [1.807, 2.05) is 13.0 Å². The molecule has 150 valence electrons. The van der Waals surface area contributed by atoms with Crippen LogP contribution < -0.4 is 5.32 Å². The molecule has 6 nitrogen and oxygen atoms in total. The minimum Gasteiger partial charge on any atom is -0.450 e. The van der Waals surface area contributed by atoms with Gasteiger partial charge in [-0.05, 0) is 52.5 Å². The van der Waals surface area contributed by atoms with Gasteiger partial charge in [-0.15, -0.1) is 0 Å². The lowest BCUT2D eigenvalue weighted by molar-refractivity contribution is 0.0859. The zero-order valence-corrected chi connectivity index (χ0v) is 16.9. The van der Waals surface area contributed by atoms with Crippen LogP contribution in [0.25, 0.3) is 0 Å². The molecule has 1 saturated carbocycles. The second kappa shape index (κ2) is 8.81. The predicted octanol–water partition coefficient (Wildman–Crippen LogP) is 3.96. The number of nitrogens with zero attached hydrogens (tertiary/aromatic N) is 2. The van der Waals surface area contributed by atoms with Crippen LogP contribution in [0.2, 0.25) is 0 Å². The quantitative estimate of drug-likeness (QED) is 0.866. The summed E-state index contributed by atoms with van der Waals surface area (Å²) < 4.78 is 7.43. The zero-order valence-electron chi connectivity index (χ0n) is 16.9. The first kappa shape index (κ1) is 19.8. The maximum atomic E-state index is 12.9. The van der Waals surface area contributed by atoms with E-state index in [1.54, 1.807) is 4.90 Å². The third kappa shape index (κ3) is 4.47. The number of hydrogen-bond donors (Lipinski definition) is 1. The number of carbonyl (C=O) groups is 2. The first-order chi connectivity index (χ1) is 13.0. The molecule has 2 amide bonds. The van der Waals surface area contributed by atoms with Gasteiger partial charge in [-0.2, -0.15) is 0 Å². The summed E-state index contributed by atoms with van der Waals surface area (Å²) in [6.07, 6.45) is 7.60. The highest BCUT2D eigenvalue weighted by Gasteiger charge is 2.27. The largest absolute Gasteiger partial charge is 0.450 e. The number of likely N-dealkylation sites (tertiary alicyclic amines) is 1. The van der Waals surface area contributed by atoms with Crippen molar-refractivity contribution in [3.63, 3.8) is 0 Å². The van der Waals surface area contributed by atoms with Crippen LogP contribution in [-0.4, -0.2) is 47.2 Å². The van der Waals surface area contributed by atoms with E-state index >= 15 is 0 Å². The fourth-order valence-electron chi connectivity index (χ4n) is 4.59. The van der Waals surface area contributed by atoms with Crippen LogP contribution in [-0.2, 0) is 4.74 Å². The Morgan fingerprint density at radius 3 is 2.41 bits per heavy atom. The second-order valence-electron chi connectivity index (χ2n) is 7.88.